The van der Waals surface area contributed by atoms with E-state index in [0.717, 1.165) is 13.1 Å². The van der Waals surface area contributed by atoms with Crippen molar-refractivity contribution in [2.75, 3.05) is 13.1 Å². The molecule has 0 saturated carbocycles. The summed E-state index contributed by atoms with van der Waals surface area (Å²) in [7, 11) is 1.80. The second kappa shape index (κ2) is 7.78. The van der Waals surface area contributed by atoms with Crippen LogP contribution < -0.4 is 0 Å². The molecule has 7 heteroatoms. The fraction of sp³-hybridized carbons (Fsp3) is 0.526. The number of aromatic nitrogens is 3. The van der Waals surface area contributed by atoms with E-state index in [9.17, 15) is 9.18 Å². The van der Waals surface area contributed by atoms with Crippen LogP contribution in [0, 0.1) is 17.7 Å². The van der Waals surface area contributed by atoms with Crippen LogP contribution in [0.4, 0.5) is 4.39 Å². The number of piperidine rings is 1. The Hall–Kier alpha value is -1.89. The molecule has 1 amide bonds. The molecule has 26 heavy (non-hydrogen) atoms. The number of nitrogens with zero attached hydrogens (tertiary/aromatic N) is 4. The minimum absolute atomic E-state index is 0.129. The van der Waals surface area contributed by atoms with Crippen molar-refractivity contribution in [3.63, 3.8) is 0 Å². The van der Waals surface area contributed by atoms with Gasteiger partial charge in [0.25, 0.3) is 0 Å². The van der Waals surface area contributed by atoms with E-state index in [4.69, 9.17) is 0 Å². The Kier molecular flexibility index (Phi) is 5.65. The fourth-order valence-electron chi connectivity index (χ4n) is 3.60. The summed E-state index contributed by atoms with van der Waals surface area (Å²) in [5, 5.41) is 8.65. The molecule has 5 nitrogen and oxygen atoms in total. The van der Waals surface area contributed by atoms with Gasteiger partial charge in [0.15, 0.2) is 11.0 Å². The number of likely N-dealkylation sites (tertiary alicyclic amines) is 1. The molecule has 0 N–H and O–H groups in total. The Morgan fingerprint density at radius 3 is 2.54 bits per heavy atom. The van der Waals surface area contributed by atoms with E-state index in [1.807, 2.05) is 11.8 Å². The van der Waals surface area contributed by atoms with Gasteiger partial charge >= 0.3 is 0 Å². The summed E-state index contributed by atoms with van der Waals surface area (Å²) in [5.41, 5.74) is 0.409. The number of halogens is 1. The number of hydrogen-bond acceptors (Lipinski definition) is 4. The summed E-state index contributed by atoms with van der Waals surface area (Å²) in [6.45, 7) is 7.91. The van der Waals surface area contributed by atoms with Crippen LogP contribution in [0.25, 0.3) is 11.4 Å². The van der Waals surface area contributed by atoms with Crippen LogP contribution in [0.5, 0.6) is 0 Å². The lowest BCUT2D eigenvalue weighted by Gasteiger charge is -2.36. The third kappa shape index (κ3) is 3.92. The molecule has 2 heterocycles. The smallest absolute Gasteiger partial charge is 0.235 e. The minimum atomic E-state index is -0.333. The summed E-state index contributed by atoms with van der Waals surface area (Å²) < 4.78 is 15.8. The summed E-state index contributed by atoms with van der Waals surface area (Å²) >= 11 is 1.37. The molecule has 0 bridgehead atoms. The maximum Gasteiger partial charge on any atom is 0.235 e. The number of thioether (sulfide) groups is 1. The first kappa shape index (κ1) is 18.9. The predicted octanol–water partition coefficient (Wildman–Crippen LogP) is 3.61. The van der Waals surface area contributed by atoms with Gasteiger partial charge < -0.3 is 9.47 Å². The Morgan fingerprint density at radius 1 is 1.23 bits per heavy atom. The van der Waals surface area contributed by atoms with E-state index < -0.39 is 0 Å². The molecule has 1 aromatic heterocycles. The van der Waals surface area contributed by atoms with Crippen molar-refractivity contribution < 1.29 is 9.18 Å². The number of hydrogen-bond donors (Lipinski definition) is 0. The van der Waals surface area contributed by atoms with Crippen LogP contribution in [0.1, 0.15) is 27.2 Å². The Morgan fingerprint density at radius 2 is 1.88 bits per heavy atom. The molecule has 1 aromatic carbocycles. The minimum Gasteiger partial charge on any atom is -0.341 e. The SMILES string of the molecule is CC1CC(C)CN(C(=O)C(C)Sc2nnc(-c3ccccc3F)n2C)C1. The van der Waals surface area contributed by atoms with Gasteiger partial charge in [-0.15, -0.1) is 10.2 Å². The monoisotopic (exact) mass is 376 g/mol. The average Bonchev–Trinajstić information content (AvgIpc) is 2.94. The highest BCUT2D eigenvalue weighted by molar-refractivity contribution is 8.00. The van der Waals surface area contributed by atoms with Crippen molar-refractivity contribution in [3.8, 4) is 11.4 Å². The molecule has 1 saturated heterocycles. The first-order valence-electron chi connectivity index (χ1n) is 8.96. The average molecular weight is 377 g/mol. The lowest BCUT2D eigenvalue weighted by molar-refractivity contribution is -0.132. The van der Waals surface area contributed by atoms with Gasteiger partial charge in [-0.25, -0.2) is 4.39 Å². The van der Waals surface area contributed by atoms with E-state index >= 15 is 0 Å². The highest BCUT2D eigenvalue weighted by Crippen LogP contribution is 2.29. The zero-order valence-corrected chi connectivity index (χ0v) is 16.5. The van der Waals surface area contributed by atoms with E-state index in [1.54, 1.807) is 29.8 Å². The summed E-state index contributed by atoms with van der Waals surface area (Å²) in [4.78, 5) is 14.8. The van der Waals surface area contributed by atoms with Gasteiger partial charge in [0.2, 0.25) is 5.91 Å². The number of carbonyl (C=O) groups is 1. The number of carbonyl (C=O) groups excluding carboxylic acids is 1. The molecule has 0 radical (unpaired) electrons. The Labute approximate surface area is 158 Å². The van der Waals surface area contributed by atoms with Gasteiger partial charge in [0.05, 0.1) is 10.8 Å². The van der Waals surface area contributed by atoms with Crippen molar-refractivity contribution in [1.29, 1.82) is 0 Å². The van der Waals surface area contributed by atoms with Gasteiger partial charge in [-0.2, -0.15) is 0 Å². The second-order valence-electron chi connectivity index (χ2n) is 7.29. The van der Waals surface area contributed by atoms with Crippen LogP contribution in [-0.2, 0) is 11.8 Å². The highest BCUT2D eigenvalue weighted by atomic mass is 32.2. The molecule has 3 atom stereocenters. The van der Waals surface area contributed by atoms with Gasteiger partial charge in [0.1, 0.15) is 5.82 Å². The lowest BCUT2D eigenvalue weighted by Crippen LogP contribution is -2.45. The second-order valence-corrected chi connectivity index (χ2v) is 8.60. The van der Waals surface area contributed by atoms with Crippen molar-refractivity contribution in [1.82, 2.24) is 19.7 Å². The Balaban J connectivity index is 1.73. The van der Waals surface area contributed by atoms with Gasteiger partial charge in [-0.05, 0) is 37.3 Å². The molecule has 0 aliphatic carbocycles. The van der Waals surface area contributed by atoms with Crippen molar-refractivity contribution in [2.24, 2.45) is 18.9 Å². The Bertz CT molecular complexity index is 784. The van der Waals surface area contributed by atoms with Crippen molar-refractivity contribution in [2.45, 2.75) is 37.6 Å². The summed E-state index contributed by atoms with van der Waals surface area (Å²) in [6, 6.07) is 6.50. The molecule has 2 aromatic rings. The molecule has 3 rings (SSSR count). The third-order valence-electron chi connectivity index (χ3n) is 4.76. The number of amides is 1. The number of benzene rings is 1. The molecule has 1 aliphatic rings. The summed E-state index contributed by atoms with van der Waals surface area (Å²) in [6.07, 6.45) is 1.17. The first-order chi connectivity index (χ1) is 12.4. The molecule has 0 spiro atoms. The molecule has 140 valence electrons. The lowest BCUT2D eigenvalue weighted by atomic mass is 9.92. The molecular weight excluding hydrogens is 351 g/mol. The molecule has 1 fully saturated rings. The number of rotatable bonds is 4. The molecular formula is C19H25FN4OS. The van der Waals surface area contributed by atoms with E-state index in [2.05, 4.69) is 24.0 Å². The quantitative estimate of drug-likeness (QED) is 0.765. The van der Waals surface area contributed by atoms with Crippen molar-refractivity contribution in [3.05, 3.63) is 30.1 Å². The van der Waals surface area contributed by atoms with Crippen LogP contribution >= 0.6 is 11.8 Å². The van der Waals surface area contributed by atoms with Crippen LogP contribution in [0.15, 0.2) is 29.4 Å². The van der Waals surface area contributed by atoms with Gasteiger partial charge in [0, 0.05) is 20.1 Å². The first-order valence-corrected chi connectivity index (χ1v) is 9.84. The normalized spacial score (nSPS) is 21.7. The highest BCUT2D eigenvalue weighted by Gasteiger charge is 2.29. The van der Waals surface area contributed by atoms with Crippen LogP contribution in [0.2, 0.25) is 0 Å². The van der Waals surface area contributed by atoms with E-state index in [-0.39, 0.29) is 17.0 Å². The van der Waals surface area contributed by atoms with E-state index in [1.165, 1.54) is 24.2 Å². The van der Waals surface area contributed by atoms with Gasteiger partial charge in [-0.3, -0.25) is 4.79 Å². The topological polar surface area (TPSA) is 51.0 Å². The summed E-state index contributed by atoms with van der Waals surface area (Å²) in [5.74, 6) is 1.32. The van der Waals surface area contributed by atoms with Gasteiger partial charge in [-0.1, -0.05) is 37.7 Å². The maximum atomic E-state index is 14.0. The fourth-order valence-corrected chi connectivity index (χ4v) is 4.50. The molecule has 3 unspecified atom stereocenters. The third-order valence-corrected chi connectivity index (χ3v) is 5.88. The standard InChI is InChI=1S/C19H25FN4OS/c1-12-9-13(2)11-24(10-12)18(25)14(3)26-19-22-21-17(23(19)4)15-7-5-6-8-16(15)20/h5-8,12-14H,9-11H2,1-4H3. The maximum absolute atomic E-state index is 14.0. The zero-order chi connectivity index (χ0) is 18.8. The predicted molar refractivity (Wildman–Crippen MR) is 101 cm³/mol. The largest absolute Gasteiger partial charge is 0.341 e. The van der Waals surface area contributed by atoms with Crippen molar-refractivity contribution >= 4 is 17.7 Å². The van der Waals surface area contributed by atoms with Crippen LogP contribution in [0.3, 0.4) is 0 Å². The van der Waals surface area contributed by atoms with E-state index in [0.29, 0.717) is 28.4 Å². The van der Waals surface area contributed by atoms with Crippen LogP contribution in [-0.4, -0.2) is 43.9 Å². The molecule has 1 aliphatic heterocycles. The zero-order valence-electron chi connectivity index (χ0n) is 15.6.